The lowest BCUT2D eigenvalue weighted by atomic mass is 10.2. The van der Waals surface area contributed by atoms with Crippen LogP contribution in [0, 0.1) is 13.8 Å². The maximum atomic E-state index is 12.5. The molecule has 130 valence electrons. The number of nitrogens with one attached hydrogen (secondary N) is 1. The Kier molecular flexibility index (Phi) is 5.03. The Hall–Kier alpha value is -2.41. The first-order chi connectivity index (χ1) is 12.0. The average molecular weight is 402 g/mol. The molecule has 1 amide bonds. The van der Waals surface area contributed by atoms with E-state index in [2.05, 4.69) is 31.4 Å². The number of hydrogen-bond donors (Lipinski definition) is 1. The van der Waals surface area contributed by atoms with Gasteiger partial charge in [0.05, 0.1) is 16.7 Å². The van der Waals surface area contributed by atoms with Gasteiger partial charge in [0.15, 0.2) is 5.69 Å². The summed E-state index contributed by atoms with van der Waals surface area (Å²) in [5.41, 5.74) is 4.30. The van der Waals surface area contributed by atoms with E-state index in [1.54, 1.807) is 10.9 Å². The molecule has 2 aromatic heterocycles. The second kappa shape index (κ2) is 7.23. The monoisotopic (exact) mass is 401 g/mol. The van der Waals surface area contributed by atoms with E-state index in [1.165, 1.54) is 0 Å². The van der Waals surface area contributed by atoms with E-state index < -0.39 is 0 Å². The zero-order valence-electron chi connectivity index (χ0n) is 14.5. The Morgan fingerprint density at radius 2 is 2.04 bits per heavy atom. The van der Waals surface area contributed by atoms with Gasteiger partial charge in [-0.3, -0.25) is 14.2 Å². The first kappa shape index (κ1) is 17.4. The van der Waals surface area contributed by atoms with Crippen LogP contribution in [0.3, 0.4) is 0 Å². The highest BCUT2D eigenvalue weighted by atomic mass is 79.9. The van der Waals surface area contributed by atoms with Gasteiger partial charge in [-0.25, -0.2) is 0 Å². The van der Waals surface area contributed by atoms with Crippen molar-refractivity contribution in [3.05, 3.63) is 63.6 Å². The number of carbonyl (C=O) groups excluding carboxylic acids is 1. The zero-order chi connectivity index (χ0) is 18.0. The summed E-state index contributed by atoms with van der Waals surface area (Å²) in [5, 5.41) is 11.7. The maximum absolute atomic E-state index is 12.5. The van der Waals surface area contributed by atoms with E-state index in [0.29, 0.717) is 23.3 Å². The molecule has 1 N–H and O–H groups in total. The minimum Gasteiger partial charge on any atom is -0.321 e. The minimum atomic E-state index is -0.234. The van der Waals surface area contributed by atoms with Gasteiger partial charge >= 0.3 is 0 Å². The molecule has 0 radical (unpaired) electrons. The number of hydrogen-bond acceptors (Lipinski definition) is 3. The Morgan fingerprint density at radius 3 is 2.68 bits per heavy atom. The highest BCUT2D eigenvalue weighted by molar-refractivity contribution is 9.10. The van der Waals surface area contributed by atoms with E-state index in [4.69, 9.17) is 0 Å². The lowest BCUT2D eigenvalue weighted by molar-refractivity contribution is 0.102. The molecule has 0 aliphatic heterocycles. The molecule has 2 heterocycles. The molecule has 3 rings (SSSR count). The van der Waals surface area contributed by atoms with E-state index in [9.17, 15) is 4.79 Å². The van der Waals surface area contributed by atoms with Crippen LogP contribution in [0.2, 0.25) is 0 Å². The van der Waals surface area contributed by atoms with Gasteiger partial charge in [0.2, 0.25) is 0 Å². The van der Waals surface area contributed by atoms with Crippen molar-refractivity contribution in [2.45, 2.75) is 33.9 Å². The van der Waals surface area contributed by atoms with E-state index in [0.717, 1.165) is 22.6 Å². The highest BCUT2D eigenvalue weighted by Crippen LogP contribution is 2.18. The first-order valence-corrected chi connectivity index (χ1v) is 8.90. The van der Waals surface area contributed by atoms with Gasteiger partial charge in [0, 0.05) is 24.1 Å². The molecule has 0 aliphatic rings. The van der Waals surface area contributed by atoms with Gasteiger partial charge < -0.3 is 5.32 Å². The van der Waals surface area contributed by atoms with Crippen molar-refractivity contribution in [2.24, 2.45) is 0 Å². The Balaban J connectivity index is 1.76. The summed E-state index contributed by atoms with van der Waals surface area (Å²) < 4.78 is 4.36. The van der Waals surface area contributed by atoms with E-state index in [-0.39, 0.29) is 5.91 Å². The number of aryl methyl sites for hydroxylation is 3. The molecule has 7 heteroatoms. The number of benzene rings is 1. The second-order valence-corrected chi connectivity index (χ2v) is 6.77. The Bertz CT molecular complexity index is 912. The molecule has 0 saturated heterocycles. The summed E-state index contributed by atoms with van der Waals surface area (Å²) in [6.45, 7) is 7.37. The van der Waals surface area contributed by atoms with Crippen molar-refractivity contribution in [1.82, 2.24) is 19.6 Å². The predicted octanol–water partition coefficient (Wildman–Crippen LogP) is 3.78. The van der Waals surface area contributed by atoms with Crippen LogP contribution in [0.4, 0.5) is 5.69 Å². The van der Waals surface area contributed by atoms with Gasteiger partial charge in [0.1, 0.15) is 0 Å². The number of nitrogens with zero attached hydrogens (tertiary/aromatic N) is 4. The molecule has 6 nitrogen and oxygen atoms in total. The molecule has 0 unspecified atom stereocenters. The summed E-state index contributed by atoms with van der Waals surface area (Å²) in [6, 6.07) is 9.82. The molecule has 0 aliphatic carbocycles. The van der Waals surface area contributed by atoms with Gasteiger partial charge in [-0.2, -0.15) is 10.2 Å². The Labute approximate surface area is 155 Å². The average Bonchev–Trinajstić information content (AvgIpc) is 3.09. The van der Waals surface area contributed by atoms with Crippen molar-refractivity contribution in [3.8, 4) is 0 Å². The van der Waals surface area contributed by atoms with Gasteiger partial charge in [-0.1, -0.05) is 12.1 Å². The normalized spacial score (nSPS) is 10.9. The van der Waals surface area contributed by atoms with Gasteiger partial charge in [-0.05, 0) is 60.5 Å². The van der Waals surface area contributed by atoms with Crippen LogP contribution in [-0.4, -0.2) is 25.5 Å². The molecule has 0 saturated carbocycles. The topological polar surface area (TPSA) is 64.7 Å². The van der Waals surface area contributed by atoms with Crippen molar-refractivity contribution in [1.29, 1.82) is 0 Å². The van der Waals surface area contributed by atoms with Crippen LogP contribution < -0.4 is 5.32 Å². The highest BCUT2D eigenvalue weighted by Gasteiger charge is 2.15. The number of rotatable bonds is 5. The quantitative estimate of drug-likeness (QED) is 0.707. The smallest absolute Gasteiger partial charge is 0.277 e. The molecule has 25 heavy (non-hydrogen) atoms. The summed E-state index contributed by atoms with van der Waals surface area (Å²) in [7, 11) is 0. The van der Waals surface area contributed by atoms with Crippen molar-refractivity contribution >= 4 is 27.5 Å². The van der Waals surface area contributed by atoms with Crippen LogP contribution in [-0.2, 0) is 13.1 Å². The van der Waals surface area contributed by atoms with Crippen LogP contribution in [0.1, 0.15) is 34.4 Å². The van der Waals surface area contributed by atoms with Gasteiger partial charge in [0.25, 0.3) is 5.91 Å². The lowest BCUT2D eigenvalue weighted by Gasteiger charge is -2.08. The fraction of sp³-hybridized carbons (Fsp3) is 0.278. The summed E-state index contributed by atoms with van der Waals surface area (Å²) >= 11 is 3.39. The number of aromatic nitrogens is 4. The van der Waals surface area contributed by atoms with Crippen molar-refractivity contribution < 1.29 is 4.79 Å². The zero-order valence-corrected chi connectivity index (χ0v) is 16.0. The van der Waals surface area contributed by atoms with Crippen LogP contribution in [0.25, 0.3) is 0 Å². The lowest BCUT2D eigenvalue weighted by Crippen LogP contribution is -2.14. The third kappa shape index (κ3) is 3.99. The maximum Gasteiger partial charge on any atom is 0.277 e. The van der Waals surface area contributed by atoms with Crippen molar-refractivity contribution in [3.63, 3.8) is 0 Å². The molecule has 3 aromatic rings. The van der Waals surface area contributed by atoms with E-state index >= 15 is 0 Å². The van der Waals surface area contributed by atoms with Crippen molar-refractivity contribution in [2.75, 3.05) is 5.32 Å². The summed E-state index contributed by atoms with van der Waals surface area (Å²) in [5.74, 6) is -0.234. The Morgan fingerprint density at radius 1 is 1.24 bits per heavy atom. The molecule has 0 spiro atoms. The second-order valence-electron chi connectivity index (χ2n) is 5.92. The standard InChI is InChI=1S/C18H20BrN5O/c1-4-23-11-16(19)17(22-23)18(25)20-15-7-5-6-14(9-15)10-24-13(3)8-12(2)21-24/h5-9,11H,4,10H2,1-3H3,(H,20,25). The first-order valence-electron chi connectivity index (χ1n) is 8.10. The molecule has 0 atom stereocenters. The molecular weight excluding hydrogens is 382 g/mol. The fourth-order valence-electron chi connectivity index (χ4n) is 2.66. The fourth-order valence-corrected chi connectivity index (χ4v) is 3.15. The molecule has 1 aromatic carbocycles. The largest absolute Gasteiger partial charge is 0.321 e. The van der Waals surface area contributed by atoms with E-state index in [1.807, 2.05) is 55.8 Å². The van der Waals surface area contributed by atoms with Crippen LogP contribution >= 0.6 is 15.9 Å². The third-order valence-electron chi connectivity index (χ3n) is 3.88. The third-order valence-corrected chi connectivity index (χ3v) is 4.46. The SMILES string of the molecule is CCn1cc(Br)c(C(=O)Nc2cccc(Cn3nc(C)cc3C)c2)n1. The molecular formula is C18H20BrN5O. The number of carbonyl (C=O) groups is 1. The number of halogens is 1. The van der Waals surface area contributed by atoms with Crippen LogP contribution in [0.5, 0.6) is 0 Å². The van der Waals surface area contributed by atoms with Gasteiger partial charge in [-0.15, -0.1) is 0 Å². The summed E-state index contributed by atoms with van der Waals surface area (Å²) in [6.07, 6.45) is 1.80. The molecule has 0 fully saturated rings. The molecule has 0 bridgehead atoms. The summed E-state index contributed by atoms with van der Waals surface area (Å²) in [4.78, 5) is 12.5. The minimum absolute atomic E-state index is 0.234. The number of amides is 1. The number of anilines is 1. The predicted molar refractivity (Wildman–Crippen MR) is 101 cm³/mol. The van der Waals surface area contributed by atoms with Crippen LogP contribution in [0.15, 0.2) is 41.0 Å².